The predicted molar refractivity (Wildman–Crippen MR) is 99.5 cm³/mol. The van der Waals surface area contributed by atoms with Gasteiger partial charge >= 0.3 is 5.97 Å². The lowest BCUT2D eigenvalue weighted by atomic mass is 9.95. The molecule has 9 nitrogen and oxygen atoms in total. The summed E-state index contributed by atoms with van der Waals surface area (Å²) in [5.74, 6) is -2.55. The molecule has 2 rings (SSSR count). The second kappa shape index (κ2) is 9.07. The fourth-order valence-electron chi connectivity index (χ4n) is 2.79. The van der Waals surface area contributed by atoms with Crippen molar-refractivity contribution in [2.75, 3.05) is 5.75 Å². The van der Waals surface area contributed by atoms with Crippen molar-refractivity contribution in [2.24, 2.45) is 0 Å². The summed E-state index contributed by atoms with van der Waals surface area (Å²) in [6.07, 6.45) is -0.875. The minimum absolute atomic E-state index is 0.130. The van der Waals surface area contributed by atoms with Crippen LogP contribution in [-0.2, 0) is 27.3 Å². The molecule has 0 aromatic heterocycles. The first kappa shape index (κ1) is 21.0. The molecule has 0 radical (unpaired) electrons. The molecule has 1 aromatic carbocycles. The van der Waals surface area contributed by atoms with Gasteiger partial charge < -0.3 is 31.3 Å². The summed E-state index contributed by atoms with van der Waals surface area (Å²) < 4.78 is 0. The van der Waals surface area contributed by atoms with E-state index in [1.807, 2.05) is 0 Å². The molecule has 0 saturated carbocycles. The molecule has 1 aliphatic heterocycles. The number of carboxylic acid groups (broad SMARTS) is 1. The second-order valence-corrected chi connectivity index (χ2v) is 6.76. The Kier molecular flexibility index (Phi) is 7.05. The number of aromatic hydroxyl groups is 1. The zero-order chi connectivity index (χ0) is 20.1. The van der Waals surface area contributed by atoms with E-state index < -0.39 is 42.0 Å². The summed E-state index contributed by atoms with van der Waals surface area (Å²) in [5, 5.41) is 36.1. The standard InChI is InChI=1S/C17H23N3O6S/c1-8(21)14(16(24)19-13(7-27)17(25)26)20-15(23)12-5-9-2-3-11(22)4-10(9)6-18-12/h2-4,8,12-14,18,21-22,27H,5-7H2,1H3,(H,19,24)(H,20,23)(H,25,26). The number of hydrogen-bond donors (Lipinski definition) is 7. The molecule has 148 valence electrons. The molecular formula is C17H23N3O6S. The number of aliphatic hydroxyl groups excluding tert-OH is 1. The van der Waals surface area contributed by atoms with Crippen LogP contribution in [0.4, 0.5) is 0 Å². The Balaban J connectivity index is 2.03. The average Bonchev–Trinajstić information content (AvgIpc) is 2.62. The molecule has 0 spiro atoms. The molecule has 1 aromatic rings. The largest absolute Gasteiger partial charge is 0.508 e. The highest BCUT2D eigenvalue weighted by Gasteiger charge is 2.32. The van der Waals surface area contributed by atoms with Crippen LogP contribution in [0.1, 0.15) is 18.1 Å². The number of hydrogen-bond acceptors (Lipinski definition) is 7. The van der Waals surface area contributed by atoms with Gasteiger partial charge in [-0.3, -0.25) is 9.59 Å². The molecule has 27 heavy (non-hydrogen) atoms. The zero-order valence-electron chi connectivity index (χ0n) is 14.7. The fourth-order valence-corrected chi connectivity index (χ4v) is 3.04. The number of amides is 2. The van der Waals surface area contributed by atoms with Crippen molar-refractivity contribution in [3.8, 4) is 5.75 Å². The summed E-state index contributed by atoms with van der Waals surface area (Å²) in [5.41, 5.74) is 1.77. The van der Waals surface area contributed by atoms with Crippen LogP contribution in [0.2, 0.25) is 0 Å². The predicted octanol–water partition coefficient (Wildman–Crippen LogP) is -1.23. The third kappa shape index (κ3) is 5.34. The van der Waals surface area contributed by atoms with Crippen LogP contribution in [-0.4, -0.2) is 63.1 Å². The maximum atomic E-state index is 12.5. The van der Waals surface area contributed by atoms with Gasteiger partial charge in [-0.1, -0.05) is 6.07 Å². The average molecular weight is 397 g/mol. The Labute approximate surface area is 161 Å². The van der Waals surface area contributed by atoms with Crippen molar-refractivity contribution >= 4 is 30.4 Å². The number of phenolic OH excluding ortho intramolecular Hbond substituents is 1. The summed E-state index contributed by atoms with van der Waals surface area (Å²) in [4.78, 5) is 35.8. The summed E-state index contributed by atoms with van der Waals surface area (Å²) in [6.45, 7) is 1.70. The van der Waals surface area contributed by atoms with Gasteiger partial charge in [-0.2, -0.15) is 12.6 Å². The number of fused-ring (bicyclic) bond motifs is 1. The van der Waals surface area contributed by atoms with Crippen molar-refractivity contribution in [3.05, 3.63) is 29.3 Å². The first-order valence-electron chi connectivity index (χ1n) is 8.39. The number of carboxylic acids is 1. The molecule has 4 unspecified atom stereocenters. The maximum Gasteiger partial charge on any atom is 0.327 e. The molecule has 0 aliphatic carbocycles. The maximum absolute atomic E-state index is 12.5. The lowest BCUT2D eigenvalue weighted by Crippen LogP contribution is -2.59. The quantitative estimate of drug-likeness (QED) is 0.285. The summed E-state index contributed by atoms with van der Waals surface area (Å²) in [6, 6.07) is 1.72. The molecular weight excluding hydrogens is 374 g/mol. The third-order valence-electron chi connectivity index (χ3n) is 4.33. The van der Waals surface area contributed by atoms with Crippen molar-refractivity contribution < 1.29 is 29.7 Å². The SMILES string of the molecule is CC(O)C(NC(=O)C1Cc2ccc(O)cc2CN1)C(=O)NC(CS)C(=O)O. The highest BCUT2D eigenvalue weighted by Crippen LogP contribution is 2.21. The number of rotatable bonds is 7. The zero-order valence-corrected chi connectivity index (χ0v) is 15.6. The Hall–Kier alpha value is -2.30. The van der Waals surface area contributed by atoms with Gasteiger partial charge in [0.25, 0.3) is 0 Å². The van der Waals surface area contributed by atoms with Crippen LogP contribution in [0.3, 0.4) is 0 Å². The van der Waals surface area contributed by atoms with Crippen molar-refractivity contribution in [1.29, 1.82) is 0 Å². The summed E-state index contributed by atoms with van der Waals surface area (Å²) in [7, 11) is 0. The molecule has 0 saturated heterocycles. The Morgan fingerprint density at radius 2 is 2.00 bits per heavy atom. The van der Waals surface area contributed by atoms with E-state index in [4.69, 9.17) is 5.11 Å². The Bertz CT molecular complexity index is 727. The van der Waals surface area contributed by atoms with E-state index in [9.17, 15) is 24.6 Å². The van der Waals surface area contributed by atoms with E-state index in [2.05, 4.69) is 28.6 Å². The molecule has 1 aliphatic rings. The minimum Gasteiger partial charge on any atom is -0.508 e. The fraction of sp³-hybridized carbons (Fsp3) is 0.471. The highest BCUT2D eigenvalue weighted by atomic mass is 32.1. The molecule has 1 heterocycles. The lowest BCUT2D eigenvalue weighted by molar-refractivity contribution is -0.142. The van der Waals surface area contributed by atoms with Gasteiger partial charge in [-0.05, 0) is 36.6 Å². The van der Waals surface area contributed by atoms with Crippen molar-refractivity contribution in [1.82, 2.24) is 16.0 Å². The van der Waals surface area contributed by atoms with Crippen LogP contribution in [0.15, 0.2) is 18.2 Å². The van der Waals surface area contributed by atoms with E-state index in [-0.39, 0.29) is 11.5 Å². The number of aliphatic carboxylic acids is 1. The van der Waals surface area contributed by atoms with Gasteiger partial charge in [0.2, 0.25) is 11.8 Å². The smallest absolute Gasteiger partial charge is 0.327 e. The minimum atomic E-state index is -1.30. The van der Waals surface area contributed by atoms with E-state index >= 15 is 0 Å². The van der Waals surface area contributed by atoms with Crippen molar-refractivity contribution in [3.63, 3.8) is 0 Å². The van der Waals surface area contributed by atoms with Gasteiger partial charge in [0, 0.05) is 12.3 Å². The van der Waals surface area contributed by atoms with Crippen LogP contribution in [0.25, 0.3) is 0 Å². The first-order chi connectivity index (χ1) is 12.7. The Morgan fingerprint density at radius 1 is 1.30 bits per heavy atom. The number of phenols is 1. The van der Waals surface area contributed by atoms with Gasteiger partial charge in [0.15, 0.2) is 0 Å². The molecule has 4 atom stereocenters. The molecule has 0 fully saturated rings. The van der Waals surface area contributed by atoms with Gasteiger partial charge in [0.1, 0.15) is 17.8 Å². The van der Waals surface area contributed by atoms with Crippen molar-refractivity contribution in [2.45, 2.75) is 44.1 Å². The summed E-state index contributed by atoms with van der Waals surface area (Å²) >= 11 is 3.86. The second-order valence-electron chi connectivity index (χ2n) is 6.40. The number of aliphatic hydroxyl groups is 1. The van der Waals surface area contributed by atoms with Crippen LogP contribution < -0.4 is 16.0 Å². The van der Waals surface area contributed by atoms with E-state index in [1.54, 1.807) is 12.1 Å². The number of thiol groups is 1. The third-order valence-corrected chi connectivity index (χ3v) is 4.69. The molecule has 10 heteroatoms. The van der Waals surface area contributed by atoms with Crippen LogP contribution >= 0.6 is 12.6 Å². The number of benzene rings is 1. The first-order valence-corrected chi connectivity index (χ1v) is 9.02. The van der Waals surface area contributed by atoms with Gasteiger partial charge in [-0.25, -0.2) is 4.79 Å². The normalized spacial score (nSPS) is 19.3. The lowest BCUT2D eigenvalue weighted by Gasteiger charge is -2.28. The van der Waals surface area contributed by atoms with Crippen LogP contribution in [0, 0.1) is 0 Å². The molecule has 2 amide bonds. The topological polar surface area (TPSA) is 148 Å². The van der Waals surface area contributed by atoms with E-state index in [0.717, 1.165) is 11.1 Å². The van der Waals surface area contributed by atoms with E-state index in [0.29, 0.717) is 13.0 Å². The monoisotopic (exact) mass is 397 g/mol. The van der Waals surface area contributed by atoms with Crippen LogP contribution in [0.5, 0.6) is 5.75 Å². The molecule has 0 bridgehead atoms. The number of nitrogens with one attached hydrogen (secondary N) is 3. The van der Waals surface area contributed by atoms with Gasteiger partial charge in [0.05, 0.1) is 12.1 Å². The molecule has 6 N–H and O–H groups in total. The Morgan fingerprint density at radius 3 is 2.59 bits per heavy atom. The highest BCUT2D eigenvalue weighted by molar-refractivity contribution is 7.80. The number of carbonyl (C=O) groups is 3. The van der Waals surface area contributed by atoms with Gasteiger partial charge in [-0.15, -0.1) is 0 Å². The number of carbonyl (C=O) groups excluding carboxylic acids is 2. The van der Waals surface area contributed by atoms with E-state index in [1.165, 1.54) is 13.0 Å².